The van der Waals surface area contributed by atoms with E-state index >= 15 is 0 Å². The second kappa shape index (κ2) is 3.97. The van der Waals surface area contributed by atoms with Crippen molar-refractivity contribution in [2.24, 2.45) is 4.99 Å². The fourth-order valence-electron chi connectivity index (χ4n) is 2.01. The molecule has 0 saturated carbocycles. The molecule has 0 radical (unpaired) electrons. The second-order valence-corrected chi connectivity index (χ2v) is 4.72. The molecule has 18 heavy (non-hydrogen) atoms. The fraction of sp³-hybridized carbons (Fsp3) is 0.417. The van der Waals surface area contributed by atoms with Crippen molar-refractivity contribution >= 4 is 17.7 Å². The molecule has 0 aliphatic carbocycles. The number of aromatic nitrogens is 2. The summed E-state index contributed by atoms with van der Waals surface area (Å²) >= 11 is 0. The SMILES string of the molecule is COC(=O)C=c1[nH]c2n(c1=O)C(C)=CC(C)(C)N=2. The normalized spacial score (nSPS) is 17.8. The Bertz CT molecular complexity index is 704. The third kappa shape index (κ3) is 2.01. The number of nitrogens with zero attached hydrogens (tertiary/aromatic N) is 2. The summed E-state index contributed by atoms with van der Waals surface area (Å²) in [5, 5.41) is 0.172. The first-order valence-electron chi connectivity index (χ1n) is 5.54. The molecule has 2 rings (SSSR count). The van der Waals surface area contributed by atoms with Crippen LogP contribution in [0.5, 0.6) is 0 Å². The van der Waals surface area contributed by atoms with Crippen LogP contribution in [-0.4, -0.2) is 28.2 Å². The van der Waals surface area contributed by atoms with Crippen LogP contribution in [0.3, 0.4) is 0 Å². The van der Waals surface area contributed by atoms with Gasteiger partial charge in [0.25, 0.3) is 5.56 Å². The molecule has 0 saturated heterocycles. The van der Waals surface area contributed by atoms with Crippen molar-refractivity contribution in [3.05, 3.63) is 27.4 Å². The molecule has 1 aliphatic heterocycles. The van der Waals surface area contributed by atoms with Crippen molar-refractivity contribution in [3.8, 4) is 0 Å². The van der Waals surface area contributed by atoms with Crippen LogP contribution in [0, 0.1) is 0 Å². The molecular weight excluding hydrogens is 234 g/mol. The average Bonchev–Trinajstić information content (AvgIpc) is 2.53. The maximum atomic E-state index is 12.1. The van der Waals surface area contributed by atoms with Gasteiger partial charge in [-0.25, -0.2) is 14.4 Å². The van der Waals surface area contributed by atoms with E-state index in [1.807, 2.05) is 26.8 Å². The molecule has 1 aromatic rings. The Labute approximate surface area is 103 Å². The standard InChI is InChI=1S/C12H15N3O3/c1-7-6-12(2,3)14-11-13-8(5-9(16)18-4)10(17)15(7)11/h5-6H,1-4H3,(H,13,14). The van der Waals surface area contributed by atoms with Gasteiger partial charge in [-0.1, -0.05) is 0 Å². The number of rotatable bonds is 1. The zero-order chi connectivity index (χ0) is 13.5. The molecule has 0 bridgehead atoms. The van der Waals surface area contributed by atoms with Crippen molar-refractivity contribution in [2.45, 2.75) is 26.3 Å². The number of hydrogen-bond acceptors (Lipinski definition) is 4. The Morgan fingerprint density at radius 2 is 2.22 bits per heavy atom. The molecule has 2 heterocycles. The van der Waals surface area contributed by atoms with Crippen LogP contribution in [0.2, 0.25) is 0 Å². The van der Waals surface area contributed by atoms with Crippen LogP contribution < -0.4 is 16.5 Å². The summed E-state index contributed by atoms with van der Waals surface area (Å²) < 4.78 is 5.95. The van der Waals surface area contributed by atoms with Crippen molar-refractivity contribution in [3.63, 3.8) is 0 Å². The molecule has 6 nitrogen and oxygen atoms in total. The maximum Gasteiger partial charge on any atom is 0.332 e. The third-order valence-electron chi connectivity index (χ3n) is 2.66. The van der Waals surface area contributed by atoms with Crippen molar-refractivity contribution in [2.75, 3.05) is 7.11 Å². The predicted molar refractivity (Wildman–Crippen MR) is 66.3 cm³/mol. The highest BCUT2D eigenvalue weighted by atomic mass is 16.5. The first kappa shape index (κ1) is 12.3. The molecule has 0 spiro atoms. The zero-order valence-corrected chi connectivity index (χ0v) is 10.8. The van der Waals surface area contributed by atoms with Crippen LogP contribution in [0.4, 0.5) is 0 Å². The van der Waals surface area contributed by atoms with Crippen LogP contribution in [0.25, 0.3) is 11.8 Å². The minimum Gasteiger partial charge on any atom is -0.466 e. The maximum absolute atomic E-state index is 12.1. The quantitative estimate of drug-likeness (QED) is 0.675. The number of carbonyl (C=O) groups excluding carboxylic acids is 1. The van der Waals surface area contributed by atoms with Gasteiger partial charge in [0.15, 0.2) is 0 Å². The first-order chi connectivity index (χ1) is 8.34. The summed E-state index contributed by atoms with van der Waals surface area (Å²) in [5.74, 6) is -0.577. The van der Waals surface area contributed by atoms with Gasteiger partial charge in [-0.05, 0) is 26.8 Å². The van der Waals surface area contributed by atoms with E-state index in [-0.39, 0.29) is 16.4 Å². The first-order valence-corrected chi connectivity index (χ1v) is 5.54. The van der Waals surface area contributed by atoms with Crippen LogP contribution in [-0.2, 0) is 9.53 Å². The highest BCUT2D eigenvalue weighted by molar-refractivity contribution is 5.99. The number of aromatic amines is 1. The summed E-state index contributed by atoms with van der Waals surface area (Å²) in [5.41, 5.74) is 0.559. The number of allylic oxidation sites excluding steroid dienone is 1. The molecule has 1 aromatic heterocycles. The van der Waals surface area contributed by atoms with Gasteiger partial charge in [0, 0.05) is 5.70 Å². The number of esters is 1. The van der Waals surface area contributed by atoms with Gasteiger partial charge < -0.3 is 9.72 Å². The molecule has 1 aliphatic rings. The van der Waals surface area contributed by atoms with E-state index in [2.05, 4.69) is 14.7 Å². The minimum atomic E-state index is -0.577. The predicted octanol–water partition coefficient (Wildman–Crippen LogP) is -0.597. The Morgan fingerprint density at radius 1 is 1.56 bits per heavy atom. The van der Waals surface area contributed by atoms with E-state index in [0.717, 1.165) is 11.8 Å². The number of methoxy groups -OCH3 is 1. The molecule has 0 fully saturated rings. The van der Waals surface area contributed by atoms with Crippen molar-refractivity contribution in [1.82, 2.24) is 9.55 Å². The van der Waals surface area contributed by atoms with E-state index in [4.69, 9.17) is 0 Å². The van der Waals surface area contributed by atoms with Gasteiger partial charge in [-0.15, -0.1) is 0 Å². The van der Waals surface area contributed by atoms with Gasteiger partial charge in [-0.2, -0.15) is 0 Å². The van der Waals surface area contributed by atoms with E-state index in [1.54, 1.807) is 0 Å². The van der Waals surface area contributed by atoms with E-state index in [0.29, 0.717) is 5.62 Å². The number of nitrogens with one attached hydrogen (secondary N) is 1. The lowest BCUT2D eigenvalue weighted by Gasteiger charge is -2.19. The van der Waals surface area contributed by atoms with E-state index in [1.165, 1.54) is 11.7 Å². The number of carbonyl (C=O) groups is 1. The van der Waals surface area contributed by atoms with E-state index < -0.39 is 5.97 Å². The van der Waals surface area contributed by atoms with Gasteiger partial charge in [0.1, 0.15) is 5.35 Å². The highest BCUT2D eigenvalue weighted by Gasteiger charge is 2.20. The summed E-state index contributed by atoms with van der Waals surface area (Å²) in [7, 11) is 1.26. The molecule has 0 amide bonds. The topological polar surface area (TPSA) is 76.5 Å². The smallest absolute Gasteiger partial charge is 0.332 e. The third-order valence-corrected chi connectivity index (χ3v) is 2.66. The van der Waals surface area contributed by atoms with Crippen LogP contribution in [0.15, 0.2) is 15.9 Å². The van der Waals surface area contributed by atoms with Gasteiger partial charge >= 0.3 is 5.97 Å². The molecule has 96 valence electrons. The Hall–Kier alpha value is -2.11. The number of ether oxygens (including phenoxy) is 1. The summed E-state index contributed by atoms with van der Waals surface area (Å²) in [4.78, 5) is 30.5. The number of H-pyrrole nitrogens is 1. The van der Waals surface area contributed by atoms with Crippen molar-refractivity contribution in [1.29, 1.82) is 0 Å². The summed E-state index contributed by atoms with van der Waals surface area (Å²) in [6, 6.07) is 0. The molecule has 1 N–H and O–H groups in total. The number of hydrogen-bond donors (Lipinski definition) is 1. The number of fused-ring (bicyclic) bond motifs is 1. The van der Waals surface area contributed by atoms with Gasteiger partial charge in [-0.3, -0.25) is 4.79 Å². The Balaban J connectivity index is 2.76. The molecule has 6 heteroatoms. The summed E-state index contributed by atoms with van der Waals surface area (Å²) in [6.45, 7) is 5.71. The molecular formula is C12H15N3O3. The van der Waals surface area contributed by atoms with Crippen molar-refractivity contribution < 1.29 is 9.53 Å². The number of imidazole rings is 1. The minimum absolute atomic E-state index is 0.172. The highest BCUT2D eigenvalue weighted by Crippen LogP contribution is 2.16. The van der Waals surface area contributed by atoms with Crippen LogP contribution >= 0.6 is 0 Å². The Morgan fingerprint density at radius 3 is 2.83 bits per heavy atom. The largest absolute Gasteiger partial charge is 0.466 e. The second-order valence-electron chi connectivity index (χ2n) is 4.72. The van der Waals surface area contributed by atoms with E-state index in [9.17, 15) is 9.59 Å². The lowest BCUT2D eigenvalue weighted by molar-refractivity contribution is -0.133. The fourth-order valence-corrected chi connectivity index (χ4v) is 2.01. The lowest BCUT2D eigenvalue weighted by atomic mass is 10.0. The monoisotopic (exact) mass is 249 g/mol. The van der Waals surface area contributed by atoms with Crippen LogP contribution in [0.1, 0.15) is 20.8 Å². The Kier molecular flexibility index (Phi) is 2.73. The summed E-state index contributed by atoms with van der Waals surface area (Å²) in [6.07, 6.45) is 3.03. The molecule has 0 atom stereocenters. The molecule has 0 aromatic carbocycles. The zero-order valence-electron chi connectivity index (χ0n) is 10.8. The average molecular weight is 249 g/mol. The van der Waals surface area contributed by atoms with Gasteiger partial charge in [0.05, 0.1) is 18.7 Å². The van der Waals surface area contributed by atoms with Gasteiger partial charge in [0.2, 0.25) is 5.62 Å². The lowest BCUT2D eigenvalue weighted by Crippen LogP contribution is -2.35. The molecule has 0 unspecified atom stereocenters.